The second-order valence-corrected chi connectivity index (χ2v) is 7.05. The van der Waals surface area contributed by atoms with Gasteiger partial charge in [-0.15, -0.1) is 0 Å². The number of likely N-dealkylation sites (tertiary alicyclic amines) is 1. The lowest BCUT2D eigenvalue weighted by Crippen LogP contribution is -2.39. The molecule has 0 radical (unpaired) electrons. The summed E-state index contributed by atoms with van der Waals surface area (Å²) in [4.78, 5) is 23.2. The van der Waals surface area contributed by atoms with E-state index >= 15 is 0 Å². The van der Waals surface area contributed by atoms with E-state index in [9.17, 15) is 4.79 Å². The third kappa shape index (κ3) is 4.09. The molecule has 1 fully saturated rings. The van der Waals surface area contributed by atoms with Gasteiger partial charge in [-0.1, -0.05) is 35.5 Å². The van der Waals surface area contributed by atoms with Gasteiger partial charge in [0.25, 0.3) is 0 Å². The van der Waals surface area contributed by atoms with Crippen molar-refractivity contribution in [3.8, 4) is 11.4 Å². The van der Waals surface area contributed by atoms with Gasteiger partial charge in [-0.2, -0.15) is 4.98 Å². The molecule has 3 aromatic rings. The summed E-state index contributed by atoms with van der Waals surface area (Å²) in [6.07, 6.45) is 5.04. The Morgan fingerprint density at radius 2 is 2.11 bits per heavy atom. The van der Waals surface area contributed by atoms with E-state index in [0.717, 1.165) is 18.5 Å². The molecular weight excluding hydrogens is 354 g/mol. The van der Waals surface area contributed by atoms with E-state index in [4.69, 9.17) is 4.52 Å². The van der Waals surface area contributed by atoms with Crippen molar-refractivity contribution in [3.05, 3.63) is 66.3 Å². The quantitative estimate of drug-likeness (QED) is 0.711. The number of nitrogens with one attached hydrogen (secondary N) is 1. The first kappa shape index (κ1) is 18.3. The van der Waals surface area contributed by atoms with Crippen molar-refractivity contribution in [2.24, 2.45) is 0 Å². The molecule has 0 saturated carbocycles. The number of rotatable bonds is 6. The number of aryl methyl sites for hydroxylation is 1. The highest BCUT2D eigenvalue weighted by Gasteiger charge is 2.33. The fraction of sp³-hybridized carbons (Fsp3) is 0.333. The fourth-order valence-corrected chi connectivity index (χ4v) is 3.70. The number of aromatic nitrogens is 3. The van der Waals surface area contributed by atoms with Gasteiger partial charge in [0.05, 0.1) is 6.04 Å². The van der Waals surface area contributed by atoms with Gasteiger partial charge in [0.15, 0.2) is 0 Å². The van der Waals surface area contributed by atoms with Crippen molar-refractivity contribution < 1.29 is 9.32 Å². The number of pyridine rings is 1. The summed E-state index contributed by atoms with van der Waals surface area (Å²) < 4.78 is 5.27. The van der Waals surface area contributed by atoms with Gasteiger partial charge in [0.1, 0.15) is 0 Å². The van der Waals surface area contributed by atoms with Crippen LogP contribution in [-0.2, 0) is 11.2 Å². The Bertz CT molecular complexity index is 913. The minimum Gasteiger partial charge on any atom is -0.351 e. The third-order valence-electron chi connectivity index (χ3n) is 5.09. The summed E-state index contributed by atoms with van der Waals surface area (Å²) >= 11 is 0. The molecule has 1 saturated heterocycles. The van der Waals surface area contributed by atoms with Crippen LogP contribution in [0.1, 0.15) is 30.3 Å². The lowest BCUT2D eigenvalue weighted by Gasteiger charge is -2.26. The van der Waals surface area contributed by atoms with E-state index in [1.54, 1.807) is 12.4 Å². The maximum Gasteiger partial charge on any atom is 0.227 e. The minimum atomic E-state index is 0.00218. The van der Waals surface area contributed by atoms with E-state index in [1.165, 1.54) is 5.56 Å². The molecule has 0 aliphatic carbocycles. The topological polar surface area (TPSA) is 84.2 Å². The van der Waals surface area contributed by atoms with Crippen LogP contribution in [0.2, 0.25) is 0 Å². The molecule has 1 amide bonds. The van der Waals surface area contributed by atoms with Crippen LogP contribution in [0.15, 0.2) is 59.4 Å². The number of carbonyl (C=O) groups excluding carboxylic acids is 1. The molecule has 1 aliphatic rings. The summed E-state index contributed by atoms with van der Waals surface area (Å²) in [5.74, 6) is 0.949. The fourth-order valence-electron chi connectivity index (χ4n) is 3.70. The van der Waals surface area contributed by atoms with Crippen molar-refractivity contribution in [1.29, 1.82) is 0 Å². The molecule has 2 aromatic heterocycles. The molecule has 0 bridgehead atoms. The number of benzene rings is 1. The van der Waals surface area contributed by atoms with E-state index in [2.05, 4.69) is 44.5 Å². The van der Waals surface area contributed by atoms with Gasteiger partial charge >= 0.3 is 0 Å². The van der Waals surface area contributed by atoms with E-state index in [-0.39, 0.29) is 18.0 Å². The van der Waals surface area contributed by atoms with Crippen LogP contribution in [0.3, 0.4) is 0 Å². The molecule has 1 aliphatic heterocycles. The third-order valence-corrected chi connectivity index (χ3v) is 5.09. The Balaban J connectivity index is 1.34. The predicted octanol–water partition coefficient (Wildman–Crippen LogP) is 2.63. The molecule has 2 atom stereocenters. The molecule has 7 nitrogen and oxygen atoms in total. The highest BCUT2D eigenvalue weighted by Crippen LogP contribution is 2.30. The van der Waals surface area contributed by atoms with Gasteiger partial charge in [-0.25, -0.2) is 0 Å². The predicted molar refractivity (Wildman–Crippen MR) is 104 cm³/mol. The van der Waals surface area contributed by atoms with Crippen LogP contribution < -0.4 is 5.32 Å². The minimum absolute atomic E-state index is 0.00218. The Hall–Kier alpha value is -3.06. The highest BCUT2D eigenvalue weighted by molar-refractivity contribution is 5.76. The SMILES string of the molecule is CN1CCC(NC(=O)CCc2nc(-c3cccnc3)no2)C1c1ccccc1. The van der Waals surface area contributed by atoms with Crippen LogP contribution in [0, 0.1) is 0 Å². The molecule has 2 unspecified atom stereocenters. The number of hydrogen-bond donors (Lipinski definition) is 1. The van der Waals surface area contributed by atoms with Crippen molar-refractivity contribution in [2.75, 3.05) is 13.6 Å². The smallest absolute Gasteiger partial charge is 0.227 e. The molecule has 28 heavy (non-hydrogen) atoms. The van der Waals surface area contributed by atoms with E-state index in [0.29, 0.717) is 24.6 Å². The molecule has 0 spiro atoms. The number of amides is 1. The molecule has 4 rings (SSSR count). The number of nitrogens with zero attached hydrogens (tertiary/aromatic N) is 4. The maximum atomic E-state index is 12.5. The van der Waals surface area contributed by atoms with Crippen LogP contribution in [-0.4, -0.2) is 45.6 Å². The first-order chi connectivity index (χ1) is 13.7. The zero-order valence-electron chi connectivity index (χ0n) is 15.8. The molecule has 7 heteroatoms. The largest absolute Gasteiger partial charge is 0.351 e. The lowest BCUT2D eigenvalue weighted by molar-refractivity contribution is -0.122. The van der Waals surface area contributed by atoms with Crippen molar-refractivity contribution in [2.45, 2.75) is 31.3 Å². The van der Waals surface area contributed by atoms with Gasteiger partial charge < -0.3 is 9.84 Å². The number of hydrogen-bond acceptors (Lipinski definition) is 6. The molecule has 144 valence electrons. The lowest BCUT2D eigenvalue weighted by atomic mass is 10.00. The average molecular weight is 377 g/mol. The van der Waals surface area contributed by atoms with Crippen LogP contribution in [0.5, 0.6) is 0 Å². The Morgan fingerprint density at radius 1 is 1.25 bits per heavy atom. The molecule has 1 N–H and O–H groups in total. The second-order valence-electron chi connectivity index (χ2n) is 7.05. The van der Waals surface area contributed by atoms with Crippen LogP contribution in [0.4, 0.5) is 0 Å². The van der Waals surface area contributed by atoms with Gasteiger partial charge in [0, 0.05) is 43.4 Å². The molecular formula is C21H23N5O2. The second kappa shape index (κ2) is 8.31. The highest BCUT2D eigenvalue weighted by atomic mass is 16.5. The average Bonchev–Trinajstić information content (AvgIpc) is 3.35. The Morgan fingerprint density at radius 3 is 2.89 bits per heavy atom. The summed E-state index contributed by atoms with van der Waals surface area (Å²) in [6, 6.07) is 14.3. The maximum absolute atomic E-state index is 12.5. The first-order valence-corrected chi connectivity index (χ1v) is 9.48. The monoisotopic (exact) mass is 377 g/mol. The molecule has 3 heterocycles. The number of carbonyl (C=O) groups is 1. The van der Waals surface area contributed by atoms with Gasteiger partial charge in [-0.05, 0) is 31.2 Å². The normalized spacial score (nSPS) is 19.6. The zero-order chi connectivity index (χ0) is 19.3. The van der Waals surface area contributed by atoms with E-state index < -0.39 is 0 Å². The van der Waals surface area contributed by atoms with Crippen molar-refractivity contribution in [3.63, 3.8) is 0 Å². The molecule has 1 aromatic carbocycles. The zero-order valence-corrected chi connectivity index (χ0v) is 15.8. The van der Waals surface area contributed by atoms with Gasteiger partial charge in [-0.3, -0.25) is 14.7 Å². The van der Waals surface area contributed by atoms with Gasteiger partial charge in [0.2, 0.25) is 17.6 Å². The summed E-state index contributed by atoms with van der Waals surface area (Å²) in [7, 11) is 2.10. The summed E-state index contributed by atoms with van der Waals surface area (Å²) in [5.41, 5.74) is 2.02. The Labute approximate surface area is 163 Å². The van der Waals surface area contributed by atoms with Crippen molar-refractivity contribution in [1.82, 2.24) is 25.3 Å². The Kier molecular flexibility index (Phi) is 5.43. The van der Waals surface area contributed by atoms with Crippen LogP contribution in [0.25, 0.3) is 11.4 Å². The summed E-state index contributed by atoms with van der Waals surface area (Å²) in [5, 5.41) is 7.15. The number of likely N-dealkylation sites (N-methyl/N-ethyl adjacent to an activating group) is 1. The summed E-state index contributed by atoms with van der Waals surface area (Å²) in [6.45, 7) is 0.961. The van der Waals surface area contributed by atoms with E-state index in [1.807, 2.05) is 30.3 Å². The standard InChI is InChI=1S/C21H23N5O2/c1-26-13-11-17(20(26)15-6-3-2-4-7-15)23-18(27)9-10-19-24-21(25-28-19)16-8-5-12-22-14-16/h2-8,12,14,17,20H,9-11,13H2,1H3,(H,23,27). The first-order valence-electron chi connectivity index (χ1n) is 9.48. The van der Waals surface area contributed by atoms with Crippen LogP contribution >= 0.6 is 0 Å². The van der Waals surface area contributed by atoms with Crippen molar-refractivity contribution >= 4 is 5.91 Å².